The number of aliphatic hydroxyl groups is 1. The number of fused-ring (bicyclic) bond motifs is 7. The van der Waals surface area contributed by atoms with Gasteiger partial charge in [-0.15, -0.1) is 11.3 Å². The van der Waals surface area contributed by atoms with Crippen molar-refractivity contribution in [1.82, 2.24) is 0 Å². The maximum atomic E-state index is 11.5. The van der Waals surface area contributed by atoms with Crippen molar-refractivity contribution in [2.24, 2.45) is 51.2 Å². The van der Waals surface area contributed by atoms with Crippen molar-refractivity contribution in [1.29, 1.82) is 0 Å². The van der Waals surface area contributed by atoms with Crippen LogP contribution in [-0.2, 0) is 0 Å². The molecular weight excluding hydrogens is 452 g/mol. The Morgan fingerprint density at radius 3 is 2.29 bits per heavy atom. The molecule has 35 heavy (non-hydrogen) atoms. The van der Waals surface area contributed by atoms with Gasteiger partial charge in [0, 0.05) is 11.5 Å². The van der Waals surface area contributed by atoms with Crippen molar-refractivity contribution in [3.05, 3.63) is 28.0 Å². The molecule has 0 bridgehead atoms. The number of aliphatic hydroxyl groups excluding tert-OH is 1. The highest BCUT2D eigenvalue weighted by atomic mass is 32.1. The van der Waals surface area contributed by atoms with Crippen molar-refractivity contribution >= 4 is 22.9 Å². The molecule has 4 fully saturated rings. The lowest BCUT2D eigenvalue weighted by Gasteiger charge is -2.67. The molecule has 1 aromatic rings. The first kappa shape index (κ1) is 24.2. The average molecular weight is 497 g/mol. The number of rotatable bonds is 3. The van der Waals surface area contributed by atoms with Crippen molar-refractivity contribution in [3.8, 4) is 0 Å². The van der Waals surface area contributed by atoms with Gasteiger partial charge >= 0.3 is 5.97 Å². The van der Waals surface area contributed by atoms with Gasteiger partial charge in [-0.3, -0.25) is 0 Å². The SMILES string of the molecule is CC1(C)C(c2ccc(C(=O)O)s2)=CC[C@]2(C)[C@H]3CC[C@@H]4[C@H]5CCC[C@]5(CO)CC[C@@]4(C)C3CC[C@@H]12. The molecule has 1 unspecified atom stereocenters. The normalized spacial score (nSPS) is 46.1. The summed E-state index contributed by atoms with van der Waals surface area (Å²) in [6, 6.07) is 3.82. The second-order valence-electron chi connectivity index (χ2n) is 14.1. The molecule has 0 amide bonds. The van der Waals surface area contributed by atoms with Gasteiger partial charge in [0.25, 0.3) is 0 Å². The molecule has 0 spiro atoms. The third-order valence-electron chi connectivity index (χ3n) is 12.7. The Labute approximate surface area is 215 Å². The topological polar surface area (TPSA) is 57.5 Å². The molecule has 0 aliphatic heterocycles. The van der Waals surface area contributed by atoms with Crippen molar-refractivity contribution in [3.63, 3.8) is 0 Å². The maximum absolute atomic E-state index is 11.5. The minimum absolute atomic E-state index is 0.0560. The van der Waals surface area contributed by atoms with Crippen LogP contribution >= 0.6 is 11.3 Å². The molecule has 0 saturated heterocycles. The fraction of sp³-hybridized carbons (Fsp3) is 0.774. The number of hydrogen-bond acceptors (Lipinski definition) is 3. The van der Waals surface area contributed by atoms with Gasteiger partial charge in [0.1, 0.15) is 4.88 Å². The van der Waals surface area contributed by atoms with Gasteiger partial charge in [-0.25, -0.2) is 4.79 Å². The standard InChI is InChI=1S/C31H44O3S/c1-28(2)23(24-10-11-25(35-24)27(33)34)13-15-30(4)20-7-8-21-22-6-5-14-31(22,18-32)17-16-29(21,3)19(20)9-12-26(28)30/h10-11,13,19-22,26,32H,5-9,12,14-18H2,1-4H3,(H,33,34)/t19?,20-,21+,22+,26-,29-,30+,31+/m0/s1. The zero-order valence-corrected chi connectivity index (χ0v) is 22.9. The van der Waals surface area contributed by atoms with E-state index in [1.807, 2.05) is 6.07 Å². The molecule has 4 heteroatoms. The van der Waals surface area contributed by atoms with Crippen LogP contribution < -0.4 is 0 Å². The Balaban J connectivity index is 1.32. The molecule has 1 aromatic heterocycles. The van der Waals surface area contributed by atoms with Gasteiger partial charge in [-0.2, -0.15) is 0 Å². The van der Waals surface area contributed by atoms with Gasteiger partial charge in [0.05, 0.1) is 0 Å². The number of carboxylic acid groups (broad SMARTS) is 1. The fourth-order valence-corrected chi connectivity index (χ4v) is 12.1. The molecule has 2 N–H and O–H groups in total. The Hall–Kier alpha value is -1.13. The van der Waals surface area contributed by atoms with E-state index in [-0.39, 0.29) is 10.8 Å². The fourth-order valence-electron chi connectivity index (χ4n) is 11.1. The molecule has 3 nitrogen and oxygen atoms in total. The minimum atomic E-state index is -0.814. The van der Waals surface area contributed by atoms with E-state index in [2.05, 4.69) is 33.8 Å². The van der Waals surface area contributed by atoms with Gasteiger partial charge in [-0.1, -0.05) is 40.2 Å². The Bertz CT molecular complexity index is 1050. The summed E-state index contributed by atoms with van der Waals surface area (Å²) in [7, 11) is 0. The molecule has 8 atom stereocenters. The van der Waals surface area contributed by atoms with Crippen LogP contribution in [0.4, 0.5) is 0 Å². The summed E-state index contributed by atoms with van der Waals surface area (Å²) in [6.45, 7) is 10.5. The van der Waals surface area contributed by atoms with Crippen LogP contribution in [0.2, 0.25) is 0 Å². The van der Waals surface area contributed by atoms with Gasteiger partial charge < -0.3 is 10.2 Å². The molecule has 1 heterocycles. The first-order chi connectivity index (χ1) is 16.6. The monoisotopic (exact) mass is 496 g/mol. The van der Waals surface area contributed by atoms with Gasteiger partial charge in [-0.05, 0) is 127 Å². The first-order valence-corrected chi connectivity index (χ1v) is 15.0. The summed E-state index contributed by atoms with van der Waals surface area (Å²) in [5.74, 6) is 2.96. The number of thiophene rings is 1. The van der Waals surface area contributed by atoms with E-state index in [0.717, 1.165) is 35.0 Å². The van der Waals surface area contributed by atoms with E-state index in [9.17, 15) is 15.0 Å². The molecule has 0 aromatic carbocycles. The van der Waals surface area contributed by atoms with Crippen LogP contribution in [0.15, 0.2) is 18.2 Å². The zero-order chi connectivity index (χ0) is 24.8. The summed E-state index contributed by atoms with van der Waals surface area (Å²) in [5.41, 5.74) is 2.42. The largest absolute Gasteiger partial charge is 0.477 e. The molecular formula is C31H44O3S. The number of carbonyl (C=O) groups is 1. The molecule has 4 saturated carbocycles. The van der Waals surface area contributed by atoms with E-state index < -0.39 is 5.97 Å². The third kappa shape index (κ3) is 3.20. The summed E-state index contributed by atoms with van der Waals surface area (Å²) >= 11 is 1.45. The Morgan fingerprint density at radius 1 is 0.914 bits per heavy atom. The predicted octanol–water partition coefficient (Wildman–Crippen LogP) is 7.90. The van der Waals surface area contributed by atoms with Crippen LogP contribution in [0, 0.1) is 51.2 Å². The van der Waals surface area contributed by atoms with Crippen molar-refractivity contribution in [2.75, 3.05) is 6.61 Å². The molecule has 5 aliphatic carbocycles. The number of aromatic carboxylic acids is 1. The van der Waals surface area contributed by atoms with E-state index in [0.29, 0.717) is 28.2 Å². The van der Waals surface area contributed by atoms with E-state index in [1.54, 1.807) is 6.07 Å². The quantitative estimate of drug-likeness (QED) is 0.447. The molecule has 192 valence electrons. The Kier molecular flexibility index (Phi) is 5.49. The van der Waals surface area contributed by atoms with E-state index in [1.165, 1.54) is 74.7 Å². The van der Waals surface area contributed by atoms with Crippen LogP contribution in [0.3, 0.4) is 0 Å². The highest BCUT2D eigenvalue weighted by Gasteiger charge is 2.65. The van der Waals surface area contributed by atoms with Crippen molar-refractivity contribution < 1.29 is 15.0 Å². The van der Waals surface area contributed by atoms with Gasteiger partial charge in [0.15, 0.2) is 0 Å². The number of hydrogen-bond donors (Lipinski definition) is 2. The van der Waals surface area contributed by atoms with Crippen LogP contribution in [0.25, 0.3) is 5.57 Å². The maximum Gasteiger partial charge on any atom is 0.345 e. The van der Waals surface area contributed by atoms with Crippen LogP contribution in [-0.4, -0.2) is 22.8 Å². The second-order valence-corrected chi connectivity index (χ2v) is 15.2. The third-order valence-corrected chi connectivity index (χ3v) is 13.8. The highest BCUT2D eigenvalue weighted by molar-refractivity contribution is 7.15. The summed E-state index contributed by atoms with van der Waals surface area (Å²) in [5, 5.41) is 19.9. The minimum Gasteiger partial charge on any atom is -0.477 e. The number of carboxylic acids is 1. The lowest BCUT2D eigenvalue weighted by molar-refractivity contribution is -0.177. The summed E-state index contributed by atoms with van der Waals surface area (Å²) in [4.78, 5) is 13.1. The summed E-state index contributed by atoms with van der Waals surface area (Å²) in [6.07, 6.45) is 15.4. The van der Waals surface area contributed by atoms with Crippen LogP contribution in [0.1, 0.15) is 106 Å². The first-order valence-electron chi connectivity index (χ1n) is 14.2. The average Bonchev–Trinajstić information content (AvgIpc) is 3.46. The molecule has 5 aliphatic rings. The van der Waals surface area contributed by atoms with Crippen molar-refractivity contribution in [2.45, 2.75) is 91.9 Å². The summed E-state index contributed by atoms with van der Waals surface area (Å²) < 4.78 is 0. The second kappa shape index (κ2) is 7.93. The number of allylic oxidation sites excluding steroid dienone is 2. The lowest BCUT2D eigenvalue weighted by Crippen LogP contribution is -2.60. The zero-order valence-electron chi connectivity index (χ0n) is 22.1. The van der Waals surface area contributed by atoms with E-state index in [4.69, 9.17) is 0 Å². The molecule has 6 rings (SSSR count). The predicted molar refractivity (Wildman–Crippen MR) is 142 cm³/mol. The smallest absolute Gasteiger partial charge is 0.345 e. The lowest BCUT2D eigenvalue weighted by atomic mass is 9.37. The highest BCUT2D eigenvalue weighted by Crippen LogP contribution is 2.72. The Morgan fingerprint density at radius 2 is 1.60 bits per heavy atom. The molecule has 0 radical (unpaired) electrons. The van der Waals surface area contributed by atoms with Crippen LogP contribution in [0.5, 0.6) is 0 Å². The van der Waals surface area contributed by atoms with E-state index >= 15 is 0 Å². The van der Waals surface area contributed by atoms with Gasteiger partial charge in [0.2, 0.25) is 0 Å².